The Hall–Kier alpha value is -1.19. The van der Waals surface area contributed by atoms with E-state index in [4.69, 9.17) is 0 Å². The molecule has 0 aliphatic rings. The zero-order chi connectivity index (χ0) is 13.0. The van der Waals surface area contributed by atoms with Gasteiger partial charge in [-0.05, 0) is 37.6 Å². The minimum absolute atomic E-state index is 0.230. The first-order chi connectivity index (χ1) is 8.68. The number of nitrogens with zero attached hydrogens (tertiary/aromatic N) is 1. The summed E-state index contributed by atoms with van der Waals surface area (Å²) in [7, 11) is 0. The summed E-state index contributed by atoms with van der Waals surface area (Å²) in [6, 6.07) is 14.8. The van der Waals surface area contributed by atoms with Crippen molar-refractivity contribution in [1.82, 2.24) is 10.3 Å². The third-order valence-corrected chi connectivity index (χ3v) is 3.73. The first-order valence-electron chi connectivity index (χ1n) is 6.10. The summed E-state index contributed by atoms with van der Waals surface area (Å²) in [5, 5.41) is 3.56. The molecule has 2 atom stereocenters. The molecule has 2 aromatic rings. The molecule has 0 saturated heterocycles. The topological polar surface area (TPSA) is 24.9 Å². The third kappa shape index (κ3) is 3.18. The Morgan fingerprint density at radius 2 is 1.72 bits per heavy atom. The van der Waals surface area contributed by atoms with Gasteiger partial charge in [0.15, 0.2) is 0 Å². The molecule has 0 aliphatic carbocycles. The highest BCUT2D eigenvalue weighted by Crippen LogP contribution is 2.24. The fourth-order valence-electron chi connectivity index (χ4n) is 2.01. The highest BCUT2D eigenvalue weighted by molar-refractivity contribution is 9.10. The fourth-order valence-corrected chi connectivity index (χ4v) is 2.64. The molecule has 1 heterocycles. The molecule has 0 saturated carbocycles. The van der Waals surface area contributed by atoms with Crippen molar-refractivity contribution < 1.29 is 0 Å². The van der Waals surface area contributed by atoms with Crippen molar-refractivity contribution in [2.24, 2.45) is 0 Å². The lowest BCUT2D eigenvalue weighted by molar-refractivity contribution is 0.485. The maximum Gasteiger partial charge on any atom is 0.0570 e. The second-order valence-corrected chi connectivity index (χ2v) is 5.24. The van der Waals surface area contributed by atoms with Crippen LogP contribution in [-0.2, 0) is 0 Å². The molecule has 0 amide bonds. The number of nitrogens with one attached hydrogen (secondary N) is 1. The van der Waals surface area contributed by atoms with Crippen LogP contribution in [0.1, 0.15) is 37.2 Å². The number of hydrogen-bond acceptors (Lipinski definition) is 2. The van der Waals surface area contributed by atoms with Crippen LogP contribution in [0.25, 0.3) is 0 Å². The monoisotopic (exact) mass is 304 g/mol. The largest absolute Gasteiger partial charge is 0.302 e. The molecule has 0 bridgehead atoms. The summed E-state index contributed by atoms with van der Waals surface area (Å²) in [6.45, 7) is 4.30. The second kappa shape index (κ2) is 6.12. The average molecular weight is 305 g/mol. The normalized spacial score (nSPS) is 14.2. The van der Waals surface area contributed by atoms with Crippen LogP contribution >= 0.6 is 15.9 Å². The highest BCUT2D eigenvalue weighted by Gasteiger charge is 2.13. The molecule has 3 heteroatoms. The zero-order valence-corrected chi connectivity index (χ0v) is 12.2. The number of halogens is 1. The Morgan fingerprint density at radius 3 is 2.39 bits per heavy atom. The van der Waals surface area contributed by atoms with Crippen LogP contribution in [0.15, 0.2) is 53.1 Å². The molecule has 18 heavy (non-hydrogen) atoms. The summed E-state index contributed by atoms with van der Waals surface area (Å²) >= 11 is 3.59. The van der Waals surface area contributed by atoms with Crippen LogP contribution in [0.5, 0.6) is 0 Å². The Balaban J connectivity index is 2.08. The van der Waals surface area contributed by atoms with E-state index in [-0.39, 0.29) is 12.1 Å². The molecule has 0 radical (unpaired) electrons. The number of benzene rings is 1. The van der Waals surface area contributed by atoms with Crippen LogP contribution < -0.4 is 5.32 Å². The summed E-state index contributed by atoms with van der Waals surface area (Å²) in [5.74, 6) is 0. The molecule has 0 fully saturated rings. The van der Waals surface area contributed by atoms with Gasteiger partial charge in [-0.3, -0.25) is 4.98 Å². The van der Waals surface area contributed by atoms with Crippen molar-refractivity contribution in [2.45, 2.75) is 25.9 Å². The molecule has 2 rings (SSSR count). The summed E-state index contributed by atoms with van der Waals surface area (Å²) in [4.78, 5) is 4.37. The predicted octanol–water partition coefficient (Wildman–Crippen LogP) is 4.26. The van der Waals surface area contributed by atoms with E-state index in [1.165, 1.54) is 5.56 Å². The van der Waals surface area contributed by atoms with E-state index in [2.05, 4.69) is 58.3 Å². The molecule has 1 aromatic heterocycles. The van der Waals surface area contributed by atoms with Gasteiger partial charge in [0.25, 0.3) is 0 Å². The molecule has 0 spiro atoms. The third-order valence-electron chi connectivity index (χ3n) is 3.00. The SMILES string of the molecule is CC(NC(C)c1ccccc1Br)c1ccccn1. The molecule has 1 N–H and O–H groups in total. The van der Waals surface area contributed by atoms with Gasteiger partial charge >= 0.3 is 0 Å². The lowest BCUT2D eigenvalue weighted by atomic mass is 10.1. The zero-order valence-electron chi connectivity index (χ0n) is 10.6. The van der Waals surface area contributed by atoms with Crippen molar-refractivity contribution in [3.8, 4) is 0 Å². The van der Waals surface area contributed by atoms with Crippen LogP contribution in [0.3, 0.4) is 0 Å². The number of hydrogen-bond donors (Lipinski definition) is 1. The molecular weight excluding hydrogens is 288 g/mol. The Kier molecular flexibility index (Phi) is 4.50. The molecule has 0 aliphatic heterocycles. The lowest BCUT2D eigenvalue weighted by Crippen LogP contribution is -2.23. The van der Waals surface area contributed by atoms with Crippen molar-refractivity contribution in [2.75, 3.05) is 0 Å². The van der Waals surface area contributed by atoms with E-state index in [1.54, 1.807) is 0 Å². The van der Waals surface area contributed by atoms with Gasteiger partial charge in [0.05, 0.1) is 5.69 Å². The molecule has 2 nitrogen and oxygen atoms in total. The molecular formula is C15H17BrN2. The van der Waals surface area contributed by atoms with Gasteiger partial charge in [-0.25, -0.2) is 0 Å². The Labute approximate surface area is 117 Å². The van der Waals surface area contributed by atoms with Crippen LogP contribution in [0.4, 0.5) is 0 Å². The maximum atomic E-state index is 4.37. The van der Waals surface area contributed by atoms with Crippen molar-refractivity contribution in [3.63, 3.8) is 0 Å². The summed E-state index contributed by atoms with van der Waals surface area (Å²) < 4.78 is 1.14. The van der Waals surface area contributed by atoms with Gasteiger partial charge in [-0.1, -0.05) is 40.2 Å². The quantitative estimate of drug-likeness (QED) is 0.913. The summed E-state index contributed by atoms with van der Waals surface area (Å²) in [6.07, 6.45) is 1.83. The van der Waals surface area contributed by atoms with Gasteiger partial charge in [0.2, 0.25) is 0 Å². The van der Waals surface area contributed by atoms with E-state index < -0.39 is 0 Å². The fraction of sp³-hybridized carbons (Fsp3) is 0.267. The van der Waals surface area contributed by atoms with E-state index in [0.29, 0.717) is 0 Å². The minimum Gasteiger partial charge on any atom is -0.302 e. The van der Waals surface area contributed by atoms with Gasteiger partial charge in [0.1, 0.15) is 0 Å². The Bertz CT molecular complexity index is 499. The van der Waals surface area contributed by atoms with Gasteiger partial charge in [0, 0.05) is 22.8 Å². The van der Waals surface area contributed by atoms with Crippen LogP contribution in [-0.4, -0.2) is 4.98 Å². The number of pyridine rings is 1. The van der Waals surface area contributed by atoms with Gasteiger partial charge in [-0.2, -0.15) is 0 Å². The van der Waals surface area contributed by atoms with Gasteiger partial charge < -0.3 is 5.32 Å². The number of aromatic nitrogens is 1. The average Bonchev–Trinajstić information content (AvgIpc) is 2.40. The van der Waals surface area contributed by atoms with Crippen molar-refractivity contribution in [3.05, 3.63) is 64.4 Å². The van der Waals surface area contributed by atoms with Gasteiger partial charge in [-0.15, -0.1) is 0 Å². The predicted molar refractivity (Wildman–Crippen MR) is 78.3 cm³/mol. The first-order valence-corrected chi connectivity index (χ1v) is 6.89. The van der Waals surface area contributed by atoms with E-state index in [9.17, 15) is 0 Å². The van der Waals surface area contributed by atoms with Crippen LogP contribution in [0, 0.1) is 0 Å². The smallest absolute Gasteiger partial charge is 0.0570 e. The van der Waals surface area contributed by atoms with Crippen molar-refractivity contribution in [1.29, 1.82) is 0 Å². The van der Waals surface area contributed by atoms with Crippen molar-refractivity contribution >= 4 is 15.9 Å². The first kappa shape index (κ1) is 13.2. The maximum absolute atomic E-state index is 4.37. The van der Waals surface area contributed by atoms with Crippen LogP contribution in [0.2, 0.25) is 0 Å². The molecule has 94 valence electrons. The Morgan fingerprint density at radius 1 is 1.00 bits per heavy atom. The number of rotatable bonds is 4. The van der Waals surface area contributed by atoms with E-state index >= 15 is 0 Å². The van der Waals surface area contributed by atoms with E-state index in [1.807, 2.05) is 30.5 Å². The standard InChI is InChI=1S/C15H17BrN2/c1-11(13-7-3-4-8-14(13)16)18-12(2)15-9-5-6-10-17-15/h3-12,18H,1-2H3. The second-order valence-electron chi connectivity index (χ2n) is 4.39. The van der Waals surface area contributed by atoms with E-state index in [0.717, 1.165) is 10.2 Å². The highest BCUT2D eigenvalue weighted by atomic mass is 79.9. The molecule has 1 aromatic carbocycles. The minimum atomic E-state index is 0.230. The lowest BCUT2D eigenvalue weighted by Gasteiger charge is -2.21. The summed E-state index contributed by atoms with van der Waals surface area (Å²) in [5.41, 5.74) is 2.33. The molecule has 2 unspecified atom stereocenters.